The van der Waals surface area contributed by atoms with Gasteiger partial charge in [-0.3, -0.25) is 10.8 Å². The summed E-state index contributed by atoms with van der Waals surface area (Å²) in [5.74, 6) is -1.42. The predicted molar refractivity (Wildman–Crippen MR) is 117 cm³/mol. The second kappa shape index (κ2) is 8.04. The van der Waals surface area contributed by atoms with Crippen molar-refractivity contribution in [2.45, 2.75) is 24.5 Å². The number of carbonyl (C=O) groups excluding carboxylic acids is 1. The normalized spacial score (nSPS) is 13.6. The molecule has 0 fully saturated rings. The molecule has 10 heteroatoms. The Labute approximate surface area is 184 Å². The molecule has 2 heterocycles. The highest BCUT2D eigenvalue weighted by molar-refractivity contribution is 7.90. The van der Waals surface area contributed by atoms with Gasteiger partial charge in [-0.05, 0) is 31.2 Å². The quantitative estimate of drug-likeness (QED) is 0.354. The van der Waals surface area contributed by atoms with Crippen molar-refractivity contribution in [3.63, 3.8) is 0 Å². The van der Waals surface area contributed by atoms with Crippen LogP contribution in [-0.4, -0.2) is 42.6 Å². The zero-order chi connectivity index (χ0) is 23.0. The summed E-state index contributed by atoms with van der Waals surface area (Å²) >= 11 is 0. The van der Waals surface area contributed by atoms with Gasteiger partial charge in [0.05, 0.1) is 28.6 Å². The van der Waals surface area contributed by atoms with Gasteiger partial charge in [0.1, 0.15) is 0 Å². The molecule has 0 atom stereocenters. The average Bonchev–Trinajstić information content (AvgIpc) is 3.12. The van der Waals surface area contributed by atoms with Crippen LogP contribution in [0.15, 0.2) is 53.4 Å². The number of aromatic nitrogens is 2. The van der Waals surface area contributed by atoms with Crippen LogP contribution in [0, 0.1) is 10.8 Å². The Bertz CT molecular complexity index is 1370. The summed E-state index contributed by atoms with van der Waals surface area (Å²) in [6.07, 6.45) is 0. The number of sulfone groups is 1. The van der Waals surface area contributed by atoms with Crippen molar-refractivity contribution < 1.29 is 22.7 Å². The zero-order valence-electron chi connectivity index (χ0n) is 17.4. The van der Waals surface area contributed by atoms with Crippen LogP contribution in [0.1, 0.15) is 35.5 Å². The number of hydrogen-bond donors (Lipinski definition) is 2. The van der Waals surface area contributed by atoms with Gasteiger partial charge in [-0.25, -0.2) is 17.9 Å². The van der Waals surface area contributed by atoms with E-state index in [9.17, 15) is 13.2 Å². The molecule has 0 amide bonds. The molecule has 9 nitrogen and oxygen atoms in total. The average molecular weight is 452 g/mol. The minimum absolute atomic E-state index is 0.0630. The van der Waals surface area contributed by atoms with Gasteiger partial charge >= 0.3 is 5.97 Å². The topological polar surface area (TPSA) is 135 Å². The lowest BCUT2D eigenvalue weighted by molar-refractivity contribution is 0.0518. The van der Waals surface area contributed by atoms with Crippen LogP contribution in [0.3, 0.4) is 0 Å². The van der Waals surface area contributed by atoms with E-state index in [-0.39, 0.29) is 40.3 Å². The second-order valence-electron chi connectivity index (χ2n) is 7.10. The van der Waals surface area contributed by atoms with E-state index in [1.165, 1.54) is 17.7 Å². The first-order valence-electron chi connectivity index (χ1n) is 9.76. The maximum Gasteiger partial charge on any atom is 0.359 e. The van der Waals surface area contributed by atoms with Gasteiger partial charge in [0.2, 0.25) is 5.90 Å². The number of hydrogen-bond acceptors (Lipinski definition) is 8. The maximum atomic E-state index is 12.9. The molecule has 0 saturated carbocycles. The molecule has 0 saturated heterocycles. The largest absolute Gasteiger partial charge is 0.461 e. The molecule has 2 N–H and O–H groups in total. The van der Waals surface area contributed by atoms with Crippen molar-refractivity contribution in [3.05, 3.63) is 65.4 Å². The van der Waals surface area contributed by atoms with E-state index in [1.54, 1.807) is 49.4 Å². The van der Waals surface area contributed by atoms with E-state index in [0.717, 1.165) is 0 Å². The van der Waals surface area contributed by atoms with Crippen LogP contribution in [0.4, 0.5) is 0 Å². The lowest BCUT2D eigenvalue weighted by atomic mass is 10.1. The van der Waals surface area contributed by atoms with Crippen LogP contribution >= 0.6 is 0 Å². The van der Waals surface area contributed by atoms with E-state index in [0.29, 0.717) is 22.5 Å². The predicted octanol–water partition coefficient (Wildman–Crippen LogP) is 3.34. The number of benzene rings is 2. The molecule has 0 bridgehead atoms. The summed E-state index contributed by atoms with van der Waals surface area (Å²) in [7, 11) is -3.67. The van der Waals surface area contributed by atoms with Gasteiger partial charge < -0.3 is 9.47 Å². The summed E-state index contributed by atoms with van der Waals surface area (Å²) in [6.45, 7) is 3.20. The van der Waals surface area contributed by atoms with Crippen molar-refractivity contribution in [2.75, 3.05) is 6.61 Å². The van der Waals surface area contributed by atoms with Crippen molar-refractivity contribution in [3.8, 4) is 16.9 Å². The first-order valence-corrected chi connectivity index (χ1v) is 11.4. The number of nitrogens with one attached hydrogen (secondary N) is 2. The van der Waals surface area contributed by atoms with Crippen molar-refractivity contribution in [1.82, 2.24) is 9.78 Å². The zero-order valence-corrected chi connectivity index (χ0v) is 18.2. The van der Waals surface area contributed by atoms with E-state index in [2.05, 4.69) is 5.10 Å². The molecule has 4 rings (SSSR count). The SMILES string of the molecule is CCOC(=O)c1nn(-c2cccc(C(=N)OC(C)=N)c2)c2c1CS(=O)(=O)c1ccccc1-2. The Balaban J connectivity index is 1.96. The standard InChI is InChI=1S/C22H20N4O5S/c1-3-30-22(27)19-17-12-32(28,29)18-10-5-4-9-16(18)20(17)26(25-19)15-8-6-7-14(11-15)21(24)31-13(2)23/h4-11,23-24H,3,12H2,1-2H3. The summed E-state index contributed by atoms with van der Waals surface area (Å²) in [4.78, 5) is 12.8. The molecular weight excluding hydrogens is 432 g/mol. The van der Waals surface area contributed by atoms with Gasteiger partial charge in [-0.15, -0.1) is 0 Å². The maximum absolute atomic E-state index is 12.9. The van der Waals surface area contributed by atoms with Gasteiger partial charge in [-0.2, -0.15) is 5.10 Å². The van der Waals surface area contributed by atoms with Gasteiger partial charge in [0.25, 0.3) is 0 Å². The summed E-state index contributed by atoms with van der Waals surface area (Å²) in [6, 6.07) is 13.3. The number of carbonyl (C=O) groups is 1. The molecule has 1 aliphatic heterocycles. The van der Waals surface area contributed by atoms with E-state index >= 15 is 0 Å². The third kappa shape index (κ3) is 3.69. The van der Waals surface area contributed by atoms with Crippen LogP contribution in [0.25, 0.3) is 16.9 Å². The second-order valence-corrected chi connectivity index (χ2v) is 9.06. The van der Waals surface area contributed by atoms with E-state index in [1.807, 2.05) is 0 Å². The number of rotatable bonds is 4. The molecule has 1 aromatic heterocycles. The fourth-order valence-corrected chi connectivity index (χ4v) is 5.20. The molecule has 32 heavy (non-hydrogen) atoms. The Kier molecular flexibility index (Phi) is 5.39. The molecule has 0 aliphatic carbocycles. The van der Waals surface area contributed by atoms with Crippen molar-refractivity contribution in [2.24, 2.45) is 0 Å². The third-order valence-corrected chi connectivity index (χ3v) is 6.57. The van der Waals surface area contributed by atoms with Crippen molar-refractivity contribution >= 4 is 27.6 Å². The number of esters is 1. The highest BCUT2D eigenvalue weighted by Gasteiger charge is 2.36. The van der Waals surface area contributed by atoms with Gasteiger partial charge in [0.15, 0.2) is 21.4 Å². The summed E-state index contributed by atoms with van der Waals surface area (Å²) in [5.41, 5.74) is 2.02. The highest BCUT2D eigenvalue weighted by atomic mass is 32.2. The fourth-order valence-electron chi connectivity index (χ4n) is 3.61. The van der Waals surface area contributed by atoms with Gasteiger partial charge in [-0.1, -0.05) is 24.3 Å². The lowest BCUT2D eigenvalue weighted by Crippen LogP contribution is -2.16. The molecule has 0 unspecified atom stereocenters. The van der Waals surface area contributed by atoms with E-state index < -0.39 is 15.8 Å². The van der Waals surface area contributed by atoms with Crippen LogP contribution in [0.5, 0.6) is 0 Å². The highest BCUT2D eigenvalue weighted by Crippen LogP contribution is 2.40. The molecule has 2 aromatic carbocycles. The van der Waals surface area contributed by atoms with Crippen LogP contribution in [0.2, 0.25) is 0 Å². The molecule has 0 radical (unpaired) electrons. The smallest absolute Gasteiger partial charge is 0.359 e. The van der Waals surface area contributed by atoms with Crippen LogP contribution in [-0.2, 0) is 25.1 Å². The Morgan fingerprint density at radius 3 is 2.62 bits per heavy atom. The monoisotopic (exact) mass is 452 g/mol. The van der Waals surface area contributed by atoms with Crippen molar-refractivity contribution in [1.29, 1.82) is 10.8 Å². The first kappa shape index (κ1) is 21.4. The van der Waals surface area contributed by atoms with Gasteiger partial charge in [0, 0.05) is 23.6 Å². The Morgan fingerprint density at radius 1 is 1.16 bits per heavy atom. The minimum Gasteiger partial charge on any atom is -0.461 e. The minimum atomic E-state index is -3.67. The van der Waals surface area contributed by atoms with Crippen LogP contribution < -0.4 is 0 Å². The molecule has 1 aliphatic rings. The molecule has 3 aromatic rings. The number of nitrogens with zero attached hydrogens (tertiary/aromatic N) is 2. The van der Waals surface area contributed by atoms with E-state index in [4.69, 9.17) is 20.3 Å². The first-order chi connectivity index (χ1) is 15.2. The number of fused-ring (bicyclic) bond motifs is 3. The lowest BCUT2D eigenvalue weighted by Gasteiger charge is -2.19. The Hall–Kier alpha value is -3.79. The summed E-state index contributed by atoms with van der Waals surface area (Å²) in [5, 5.41) is 19.9. The molecule has 0 spiro atoms. The molecular formula is C22H20N4O5S. The third-order valence-electron chi connectivity index (χ3n) is 4.87. The fraction of sp³-hybridized carbons (Fsp3) is 0.182. The summed E-state index contributed by atoms with van der Waals surface area (Å²) < 4.78 is 37.5. The molecule has 164 valence electrons. The Morgan fingerprint density at radius 2 is 1.91 bits per heavy atom. The number of ether oxygens (including phenoxy) is 2.